The van der Waals surface area contributed by atoms with Crippen molar-refractivity contribution in [3.63, 3.8) is 0 Å². The fourth-order valence-corrected chi connectivity index (χ4v) is 1.35. The molecule has 1 heterocycles. The molecule has 0 bridgehead atoms. The van der Waals surface area contributed by atoms with Gasteiger partial charge in [0.2, 0.25) is 0 Å². The molecule has 0 saturated heterocycles. The molecule has 0 spiro atoms. The average molecular weight is 267 g/mol. The van der Waals surface area contributed by atoms with Crippen LogP contribution in [-0.4, -0.2) is 36.8 Å². The molecule has 0 radical (unpaired) electrons. The Hall–Kier alpha value is -1.82. The normalized spacial score (nSPS) is 11.2. The van der Waals surface area contributed by atoms with Gasteiger partial charge < -0.3 is 20.5 Å². The van der Waals surface area contributed by atoms with Crippen LogP contribution in [0.2, 0.25) is 0 Å². The summed E-state index contributed by atoms with van der Waals surface area (Å²) < 4.78 is 10.3. The van der Waals surface area contributed by atoms with E-state index in [9.17, 15) is 4.79 Å². The Morgan fingerprint density at radius 2 is 2.21 bits per heavy atom. The van der Waals surface area contributed by atoms with Gasteiger partial charge in [0.1, 0.15) is 11.4 Å². The van der Waals surface area contributed by atoms with Crippen molar-refractivity contribution in [2.75, 3.05) is 31.3 Å². The number of hydrogen-bond donors (Lipinski definition) is 2. The number of methoxy groups -OCH3 is 1. The zero-order chi connectivity index (χ0) is 14.5. The molecule has 1 aromatic heterocycles. The summed E-state index contributed by atoms with van der Waals surface area (Å²) in [4.78, 5) is 15.9. The molecular formula is C13H21N3O3. The number of nitrogens with two attached hydrogens (primary N) is 1. The lowest BCUT2D eigenvalue weighted by molar-refractivity contribution is 0.0341. The molecule has 0 unspecified atom stereocenters. The zero-order valence-electron chi connectivity index (χ0n) is 11.8. The van der Waals surface area contributed by atoms with E-state index in [0.29, 0.717) is 30.2 Å². The monoisotopic (exact) mass is 267 g/mol. The van der Waals surface area contributed by atoms with E-state index in [0.717, 1.165) is 0 Å². The predicted octanol–water partition coefficient (Wildman–Crippen LogP) is 1.68. The van der Waals surface area contributed by atoms with Crippen LogP contribution < -0.4 is 11.1 Å². The van der Waals surface area contributed by atoms with Gasteiger partial charge in [0.25, 0.3) is 0 Å². The van der Waals surface area contributed by atoms with Crippen LogP contribution in [0.5, 0.6) is 0 Å². The fraction of sp³-hybridized carbons (Fsp3) is 0.538. The van der Waals surface area contributed by atoms with Gasteiger partial charge in [-0.15, -0.1) is 0 Å². The number of aromatic nitrogens is 1. The molecule has 1 rings (SSSR count). The van der Waals surface area contributed by atoms with Gasteiger partial charge in [0.15, 0.2) is 0 Å². The van der Waals surface area contributed by atoms with Crippen molar-refractivity contribution in [1.82, 2.24) is 4.98 Å². The topological polar surface area (TPSA) is 86.5 Å². The van der Waals surface area contributed by atoms with Crippen molar-refractivity contribution in [2.45, 2.75) is 26.4 Å². The third-order valence-electron chi connectivity index (χ3n) is 2.64. The number of nitrogens with zero attached hydrogens (tertiary/aromatic N) is 1. The SMILES string of the molecule is CCOC(=O)c1cc(N)cnc1NCC(C)(C)OC. The Balaban J connectivity index is 2.91. The number of esters is 1. The molecule has 0 aliphatic heterocycles. The molecule has 0 aromatic carbocycles. The van der Waals surface area contributed by atoms with Crippen molar-refractivity contribution in [2.24, 2.45) is 0 Å². The summed E-state index contributed by atoms with van der Waals surface area (Å²) in [7, 11) is 1.63. The second-order valence-electron chi connectivity index (χ2n) is 4.70. The van der Waals surface area contributed by atoms with Gasteiger partial charge in [-0.25, -0.2) is 9.78 Å². The molecule has 0 amide bonds. The molecule has 0 aliphatic carbocycles. The number of carbonyl (C=O) groups excluding carboxylic acids is 1. The van der Waals surface area contributed by atoms with Gasteiger partial charge in [-0.05, 0) is 26.8 Å². The minimum absolute atomic E-state index is 0.302. The molecule has 0 fully saturated rings. The van der Waals surface area contributed by atoms with E-state index in [4.69, 9.17) is 15.2 Å². The first-order chi connectivity index (χ1) is 8.89. The number of nitrogen functional groups attached to an aromatic ring is 1. The molecule has 1 aromatic rings. The molecular weight excluding hydrogens is 246 g/mol. The Morgan fingerprint density at radius 1 is 1.53 bits per heavy atom. The number of rotatable bonds is 6. The fourth-order valence-electron chi connectivity index (χ4n) is 1.35. The van der Waals surface area contributed by atoms with Crippen molar-refractivity contribution in [1.29, 1.82) is 0 Å². The summed E-state index contributed by atoms with van der Waals surface area (Å²) in [6.45, 7) is 6.42. The van der Waals surface area contributed by atoms with E-state index in [-0.39, 0.29) is 5.60 Å². The summed E-state index contributed by atoms with van der Waals surface area (Å²) in [5.41, 5.74) is 6.02. The Morgan fingerprint density at radius 3 is 2.79 bits per heavy atom. The number of ether oxygens (including phenoxy) is 2. The minimum atomic E-state index is -0.444. The molecule has 19 heavy (non-hydrogen) atoms. The molecule has 106 valence electrons. The highest BCUT2D eigenvalue weighted by Crippen LogP contribution is 2.18. The average Bonchev–Trinajstić information content (AvgIpc) is 2.37. The smallest absolute Gasteiger partial charge is 0.341 e. The number of nitrogens with one attached hydrogen (secondary N) is 1. The summed E-state index contributed by atoms with van der Waals surface area (Å²) in [5, 5.41) is 3.08. The lowest BCUT2D eigenvalue weighted by atomic mass is 10.1. The van der Waals surface area contributed by atoms with Crippen LogP contribution in [0.3, 0.4) is 0 Å². The molecule has 6 nitrogen and oxygen atoms in total. The first-order valence-electron chi connectivity index (χ1n) is 6.11. The third kappa shape index (κ3) is 4.40. The van der Waals surface area contributed by atoms with E-state index in [1.165, 1.54) is 6.20 Å². The maximum atomic E-state index is 11.8. The molecule has 0 aliphatic rings. The van der Waals surface area contributed by atoms with Crippen LogP contribution in [0.4, 0.5) is 11.5 Å². The quantitative estimate of drug-likeness (QED) is 0.763. The molecule has 0 atom stereocenters. The maximum Gasteiger partial charge on any atom is 0.341 e. The highest BCUT2D eigenvalue weighted by Gasteiger charge is 2.19. The van der Waals surface area contributed by atoms with E-state index < -0.39 is 5.97 Å². The number of carbonyl (C=O) groups is 1. The highest BCUT2D eigenvalue weighted by molar-refractivity contribution is 5.95. The van der Waals surface area contributed by atoms with Crippen LogP contribution in [0.1, 0.15) is 31.1 Å². The Labute approximate surface area is 113 Å². The van der Waals surface area contributed by atoms with Crippen LogP contribution in [-0.2, 0) is 9.47 Å². The number of anilines is 2. The van der Waals surface area contributed by atoms with Crippen molar-refractivity contribution >= 4 is 17.5 Å². The van der Waals surface area contributed by atoms with Crippen LogP contribution >= 0.6 is 0 Å². The molecule has 6 heteroatoms. The zero-order valence-corrected chi connectivity index (χ0v) is 11.8. The lowest BCUT2D eigenvalue weighted by Crippen LogP contribution is -2.32. The van der Waals surface area contributed by atoms with Gasteiger partial charge >= 0.3 is 5.97 Å². The van der Waals surface area contributed by atoms with E-state index in [1.807, 2.05) is 13.8 Å². The summed E-state index contributed by atoms with van der Waals surface area (Å²) >= 11 is 0. The van der Waals surface area contributed by atoms with Crippen LogP contribution in [0, 0.1) is 0 Å². The Bertz CT molecular complexity index is 447. The summed E-state index contributed by atoms with van der Waals surface area (Å²) in [6.07, 6.45) is 1.49. The largest absolute Gasteiger partial charge is 0.462 e. The van der Waals surface area contributed by atoms with E-state index in [1.54, 1.807) is 20.1 Å². The second-order valence-corrected chi connectivity index (χ2v) is 4.70. The van der Waals surface area contributed by atoms with Crippen LogP contribution in [0.15, 0.2) is 12.3 Å². The number of hydrogen-bond acceptors (Lipinski definition) is 6. The van der Waals surface area contributed by atoms with Gasteiger partial charge in [0, 0.05) is 13.7 Å². The van der Waals surface area contributed by atoms with Crippen molar-refractivity contribution in [3.05, 3.63) is 17.8 Å². The molecule has 3 N–H and O–H groups in total. The first-order valence-corrected chi connectivity index (χ1v) is 6.11. The van der Waals surface area contributed by atoms with E-state index >= 15 is 0 Å². The van der Waals surface area contributed by atoms with E-state index in [2.05, 4.69) is 10.3 Å². The van der Waals surface area contributed by atoms with Gasteiger partial charge in [-0.1, -0.05) is 0 Å². The third-order valence-corrected chi connectivity index (χ3v) is 2.64. The molecule has 0 saturated carbocycles. The maximum absolute atomic E-state index is 11.8. The lowest BCUT2D eigenvalue weighted by Gasteiger charge is -2.24. The predicted molar refractivity (Wildman–Crippen MR) is 74.2 cm³/mol. The van der Waals surface area contributed by atoms with Gasteiger partial charge in [0.05, 0.1) is 24.1 Å². The van der Waals surface area contributed by atoms with Crippen molar-refractivity contribution < 1.29 is 14.3 Å². The first kappa shape index (κ1) is 15.2. The van der Waals surface area contributed by atoms with Gasteiger partial charge in [-0.2, -0.15) is 0 Å². The minimum Gasteiger partial charge on any atom is -0.462 e. The Kier molecular flexibility index (Phi) is 5.11. The number of pyridine rings is 1. The van der Waals surface area contributed by atoms with Crippen molar-refractivity contribution in [3.8, 4) is 0 Å². The summed E-state index contributed by atoms with van der Waals surface area (Å²) in [5.74, 6) is -0.00204. The highest BCUT2D eigenvalue weighted by atomic mass is 16.5. The second kappa shape index (κ2) is 6.38. The standard InChI is InChI=1S/C13H21N3O3/c1-5-19-12(17)10-6-9(14)7-15-11(10)16-8-13(2,3)18-4/h6-7H,5,8,14H2,1-4H3,(H,15,16). The van der Waals surface area contributed by atoms with Crippen LogP contribution in [0.25, 0.3) is 0 Å². The summed E-state index contributed by atoms with van der Waals surface area (Å²) in [6, 6.07) is 1.55. The van der Waals surface area contributed by atoms with Gasteiger partial charge in [-0.3, -0.25) is 0 Å².